The van der Waals surface area contributed by atoms with Crippen LogP contribution in [0, 0.1) is 0 Å². The normalized spacial score (nSPS) is 11.2. The Balaban J connectivity index is 2.02. The quantitative estimate of drug-likeness (QED) is 0.817. The number of anilines is 1. The van der Waals surface area contributed by atoms with E-state index in [1.54, 1.807) is 30.5 Å². The minimum Gasteiger partial charge on any atom is -0.506 e. The lowest BCUT2D eigenvalue weighted by molar-refractivity contribution is 0.477. The molecular formula is C13H14N2O3S. The molecule has 1 aromatic carbocycles. The Morgan fingerprint density at radius 2 is 1.84 bits per heavy atom. The number of hydrogen-bond donors (Lipinski definition) is 2. The van der Waals surface area contributed by atoms with Crippen molar-refractivity contribution in [2.75, 3.05) is 10.5 Å². The van der Waals surface area contributed by atoms with E-state index in [0.29, 0.717) is 12.1 Å². The highest BCUT2D eigenvalue weighted by Crippen LogP contribution is 2.22. The smallest absolute Gasteiger partial charge is 0.233 e. The molecule has 0 radical (unpaired) electrons. The molecule has 0 saturated carbocycles. The Morgan fingerprint density at radius 3 is 2.53 bits per heavy atom. The maximum Gasteiger partial charge on any atom is 0.233 e. The summed E-state index contributed by atoms with van der Waals surface area (Å²) in [5.74, 6) is -0.179. The zero-order chi connectivity index (χ0) is 13.7. The van der Waals surface area contributed by atoms with Gasteiger partial charge in [-0.1, -0.05) is 18.2 Å². The number of pyridine rings is 1. The molecule has 0 bridgehead atoms. The number of aryl methyl sites for hydroxylation is 1. The third-order valence-electron chi connectivity index (χ3n) is 2.52. The lowest BCUT2D eigenvalue weighted by Crippen LogP contribution is -2.18. The van der Waals surface area contributed by atoms with Crippen LogP contribution in [0.25, 0.3) is 0 Å². The first kappa shape index (κ1) is 13.4. The van der Waals surface area contributed by atoms with Crippen LogP contribution in [-0.2, 0) is 16.4 Å². The third-order valence-corrected chi connectivity index (χ3v) is 3.80. The van der Waals surface area contributed by atoms with Crippen LogP contribution in [0.2, 0.25) is 0 Å². The molecule has 0 spiro atoms. The lowest BCUT2D eigenvalue weighted by atomic mass is 10.3. The number of phenols is 1. The number of phenolic OH excluding ortho intramolecular Hbond substituents is 1. The molecule has 0 aliphatic carbocycles. The predicted octanol–water partition coefficient (Wildman–Crippen LogP) is 1.77. The number of hydrogen-bond acceptors (Lipinski definition) is 4. The first-order valence-electron chi connectivity index (χ1n) is 5.75. The van der Waals surface area contributed by atoms with Crippen molar-refractivity contribution in [1.29, 1.82) is 0 Å². The van der Waals surface area contributed by atoms with Crippen LogP contribution in [-0.4, -0.2) is 24.3 Å². The molecule has 0 aliphatic rings. The molecular weight excluding hydrogens is 264 g/mol. The number of sulfonamides is 1. The molecule has 1 aromatic heterocycles. The highest BCUT2D eigenvalue weighted by atomic mass is 32.2. The van der Waals surface area contributed by atoms with E-state index in [0.717, 1.165) is 0 Å². The average Bonchev–Trinajstić information content (AvgIpc) is 2.40. The Bertz CT molecular complexity index is 642. The second kappa shape index (κ2) is 5.71. The highest BCUT2D eigenvalue weighted by Gasteiger charge is 2.12. The summed E-state index contributed by atoms with van der Waals surface area (Å²) in [6, 6.07) is 11.6. The van der Waals surface area contributed by atoms with E-state index in [1.165, 1.54) is 12.1 Å². The molecule has 0 atom stereocenters. The summed E-state index contributed by atoms with van der Waals surface area (Å²) in [7, 11) is -3.51. The third kappa shape index (κ3) is 3.96. The molecule has 100 valence electrons. The fourth-order valence-corrected chi connectivity index (χ4v) is 2.65. The molecule has 2 N–H and O–H groups in total. The van der Waals surface area contributed by atoms with Gasteiger partial charge in [-0.15, -0.1) is 0 Å². The molecule has 6 heteroatoms. The van der Waals surface area contributed by atoms with Crippen LogP contribution in [0.3, 0.4) is 0 Å². The van der Waals surface area contributed by atoms with Crippen molar-refractivity contribution in [1.82, 2.24) is 4.98 Å². The van der Waals surface area contributed by atoms with Gasteiger partial charge in [-0.05, 0) is 24.3 Å². The Hall–Kier alpha value is -2.08. The molecule has 2 aromatic rings. The zero-order valence-corrected chi connectivity index (χ0v) is 11.0. The van der Waals surface area contributed by atoms with Crippen molar-refractivity contribution >= 4 is 15.7 Å². The van der Waals surface area contributed by atoms with Gasteiger partial charge in [0.2, 0.25) is 10.0 Å². The van der Waals surface area contributed by atoms with Gasteiger partial charge in [0.15, 0.2) is 0 Å². The van der Waals surface area contributed by atoms with E-state index >= 15 is 0 Å². The van der Waals surface area contributed by atoms with Crippen molar-refractivity contribution in [3.8, 4) is 5.75 Å². The summed E-state index contributed by atoms with van der Waals surface area (Å²) in [6.07, 6.45) is 1.95. The van der Waals surface area contributed by atoms with Crippen molar-refractivity contribution in [3.05, 3.63) is 54.4 Å². The number of nitrogens with one attached hydrogen (secondary N) is 1. The molecule has 0 unspecified atom stereocenters. The Labute approximate surface area is 112 Å². The predicted molar refractivity (Wildman–Crippen MR) is 73.5 cm³/mol. The number of rotatable bonds is 5. The maximum atomic E-state index is 11.9. The number of para-hydroxylation sites is 2. The van der Waals surface area contributed by atoms with Crippen molar-refractivity contribution < 1.29 is 13.5 Å². The van der Waals surface area contributed by atoms with Gasteiger partial charge in [0.25, 0.3) is 0 Å². The first-order chi connectivity index (χ1) is 9.07. The van der Waals surface area contributed by atoms with Crippen molar-refractivity contribution in [2.45, 2.75) is 6.42 Å². The molecule has 5 nitrogen and oxygen atoms in total. The number of aromatic hydroxyl groups is 1. The van der Waals surface area contributed by atoms with Crippen LogP contribution in [0.5, 0.6) is 5.75 Å². The second-order valence-electron chi connectivity index (χ2n) is 4.01. The van der Waals surface area contributed by atoms with Crippen LogP contribution in [0.4, 0.5) is 5.69 Å². The standard InChI is InChI=1S/C13H14N2O3S/c16-13-7-2-1-6-12(13)15-19(17,18)10-8-11-5-3-4-9-14-11/h1-7,9,15-16H,8,10H2. The van der Waals surface area contributed by atoms with Crippen LogP contribution in [0.1, 0.15) is 5.69 Å². The van der Waals surface area contributed by atoms with E-state index in [1.807, 2.05) is 6.07 Å². The number of benzene rings is 1. The van der Waals surface area contributed by atoms with E-state index in [-0.39, 0.29) is 17.2 Å². The van der Waals surface area contributed by atoms with Gasteiger partial charge in [-0.3, -0.25) is 9.71 Å². The largest absolute Gasteiger partial charge is 0.506 e. The fraction of sp³-hybridized carbons (Fsp3) is 0.154. The molecule has 0 saturated heterocycles. The van der Waals surface area contributed by atoms with E-state index < -0.39 is 10.0 Å². The van der Waals surface area contributed by atoms with Gasteiger partial charge in [0, 0.05) is 18.3 Å². The fourth-order valence-electron chi connectivity index (χ4n) is 1.56. The minimum absolute atomic E-state index is 0.0850. The van der Waals surface area contributed by atoms with Crippen molar-refractivity contribution in [2.24, 2.45) is 0 Å². The minimum atomic E-state index is -3.51. The Kier molecular flexibility index (Phi) is 4.01. The van der Waals surface area contributed by atoms with Gasteiger partial charge in [0.1, 0.15) is 5.75 Å². The molecule has 0 aliphatic heterocycles. The second-order valence-corrected chi connectivity index (χ2v) is 5.85. The first-order valence-corrected chi connectivity index (χ1v) is 7.40. The van der Waals surface area contributed by atoms with Crippen LogP contribution in [0.15, 0.2) is 48.7 Å². The molecule has 2 rings (SSSR count). The maximum absolute atomic E-state index is 11.9. The lowest BCUT2D eigenvalue weighted by Gasteiger charge is -2.09. The number of nitrogens with zero attached hydrogens (tertiary/aromatic N) is 1. The van der Waals surface area contributed by atoms with Gasteiger partial charge in [-0.2, -0.15) is 0 Å². The molecule has 0 amide bonds. The van der Waals surface area contributed by atoms with Crippen LogP contribution < -0.4 is 4.72 Å². The summed E-state index contributed by atoms with van der Waals surface area (Å²) in [5.41, 5.74) is 0.897. The summed E-state index contributed by atoms with van der Waals surface area (Å²) in [4.78, 5) is 4.06. The monoisotopic (exact) mass is 278 g/mol. The highest BCUT2D eigenvalue weighted by molar-refractivity contribution is 7.92. The van der Waals surface area contributed by atoms with E-state index in [2.05, 4.69) is 9.71 Å². The summed E-state index contributed by atoms with van der Waals surface area (Å²) in [6.45, 7) is 0. The molecule has 19 heavy (non-hydrogen) atoms. The van der Waals surface area contributed by atoms with Gasteiger partial charge >= 0.3 is 0 Å². The molecule has 1 heterocycles. The van der Waals surface area contributed by atoms with Crippen LogP contribution >= 0.6 is 0 Å². The molecule has 0 fully saturated rings. The van der Waals surface area contributed by atoms with Gasteiger partial charge in [-0.25, -0.2) is 8.42 Å². The van der Waals surface area contributed by atoms with Crippen molar-refractivity contribution in [3.63, 3.8) is 0 Å². The van der Waals surface area contributed by atoms with E-state index in [4.69, 9.17) is 0 Å². The summed E-state index contributed by atoms with van der Waals surface area (Å²) >= 11 is 0. The number of aromatic nitrogens is 1. The summed E-state index contributed by atoms with van der Waals surface area (Å²) < 4.78 is 26.1. The van der Waals surface area contributed by atoms with E-state index in [9.17, 15) is 13.5 Å². The van der Waals surface area contributed by atoms with Gasteiger partial charge < -0.3 is 5.11 Å². The summed E-state index contributed by atoms with van der Waals surface area (Å²) in [5, 5.41) is 9.52. The Morgan fingerprint density at radius 1 is 1.11 bits per heavy atom. The zero-order valence-electron chi connectivity index (χ0n) is 10.2. The van der Waals surface area contributed by atoms with Gasteiger partial charge in [0.05, 0.1) is 11.4 Å². The average molecular weight is 278 g/mol. The topological polar surface area (TPSA) is 79.3 Å². The SMILES string of the molecule is O=S(=O)(CCc1ccccn1)Nc1ccccc1O.